The molecule has 1 aromatic heterocycles. The average molecular weight is 456 g/mol. The minimum Gasteiger partial charge on any atom is -0.324 e. The van der Waals surface area contributed by atoms with Crippen LogP contribution < -0.4 is 16.0 Å². The van der Waals surface area contributed by atoms with E-state index in [-0.39, 0.29) is 11.9 Å². The van der Waals surface area contributed by atoms with Gasteiger partial charge in [0.1, 0.15) is 5.54 Å². The highest BCUT2D eigenvalue weighted by Crippen LogP contribution is 2.24. The summed E-state index contributed by atoms with van der Waals surface area (Å²) < 4.78 is 2.39. The molecule has 0 aliphatic rings. The number of aryl methyl sites for hydroxylation is 1. The zero-order chi connectivity index (χ0) is 21.0. The van der Waals surface area contributed by atoms with Gasteiger partial charge in [-0.3, -0.25) is 9.48 Å². The molecule has 0 radical (unpaired) electrons. The Hall–Kier alpha value is -3.13. The fourth-order valence-corrected chi connectivity index (χ4v) is 2.92. The summed E-state index contributed by atoms with van der Waals surface area (Å²) in [5, 5.41) is 12.7. The summed E-state index contributed by atoms with van der Waals surface area (Å²) in [4.78, 5) is 25.1. The highest BCUT2D eigenvalue weighted by Gasteiger charge is 2.31. The second-order valence-electron chi connectivity index (χ2n) is 7.09. The Labute approximate surface area is 177 Å². The van der Waals surface area contributed by atoms with Gasteiger partial charge in [0, 0.05) is 23.3 Å². The predicted octanol–water partition coefficient (Wildman–Crippen LogP) is 4.97. The third-order valence-corrected chi connectivity index (χ3v) is 4.86. The Morgan fingerprint density at radius 3 is 2.34 bits per heavy atom. The first kappa shape index (κ1) is 20.6. The van der Waals surface area contributed by atoms with Crippen molar-refractivity contribution in [1.82, 2.24) is 9.78 Å². The number of rotatable bonds is 5. The summed E-state index contributed by atoms with van der Waals surface area (Å²) in [5.41, 5.74) is 1.86. The third kappa shape index (κ3) is 5.03. The summed E-state index contributed by atoms with van der Waals surface area (Å²) in [6.45, 7) is 5.46. The summed E-state index contributed by atoms with van der Waals surface area (Å²) in [5.74, 6) is -0.220. The number of halogens is 1. The Balaban J connectivity index is 1.71. The van der Waals surface area contributed by atoms with Gasteiger partial charge < -0.3 is 16.0 Å². The molecular weight excluding hydrogens is 434 g/mol. The summed E-state index contributed by atoms with van der Waals surface area (Å²) in [7, 11) is 0. The maximum Gasteiger partial charge on any atom is 0.323 e. The number of aromatic nitrogens is 2. The third-order valence-electron chi connectivity index (χ3n) is 4.45. The maximum atomic E-state index is 12.9. The lowest BCUT2D eigenvalue weighted by molar-refractivity contribution is -0.123. The van der Waals surface area contributed by atoms with Gasteiger partial charge in [0.25, 0.3) is 5.91 Å². The van der Waals surface area contributed by atoms with E-state index in [0.717, 1.165) is 10.0 Å². The molecule has 3 rings (SSSR count). The van der Waals surface area contributed by atoms with Crippen molar-refractivity contribution in [2.75, 3.05) is 16.0 Å². The molecule has 8 heteroatoms. The number of amides is 3. The first-order chi connectivity index (χ1) is 13.8. The van der Waals surface area contributed by atoms with Gasteiger partial charge in [-0.1, -0.05) is 24.3 Å². The molecule has 7 nitrogen and oxygen atoms in total. The van der Waals surface area contributed by atoms with Gasteiger partial charge in [0.05, 0.1) is 10.7 Å². The van der Waals surface area contributed by atoms with E-state index in [2.05, 4.69) is 37.0 Å². The smallest absolute Gasteiger partial charge is 0.323 e. The van der Waals surface area contributed by atoms with Crippen LogP contribution in [-0.2, 0) is 10.3 Å². The molecule has 0 aliphatic carbocycles. The fourth-order valence-electron chi connectivity index (χ4n) is 2.64. The van der Waals surface area contributed by atoms with Gasteiger partial charge in [-0.25, -0.2) is 4.79 Å². The largest absolute Gasteiger partial charge is 0.324 e. The molecule has 0 spiro atoms. The Morgan fingerprint density at radius 2 is 1.69 bits per heavy atom. The van der Waals surface area contributed by atoms with Crippen LogP contribution in [0.5, 0.6) is 0 Å². The molecule has 2 aromatic carbocycles. The molecule has 1 heterocycles. The van der Waals surface area contributed by atoms with Crippen LogP contribution in [0.25, 0.3) is 0 Å². The fraction of sp³-hybridized carbons (Fsp3) is 0.190. The molecule has 0 aliphatic heterocycles. The van der Waals surface area contributed by atoms with E-state index in [9.17, 15) is 9.59 Å². The zero-order valence-electron chi connectivity index (χ0n) is 16.4. The molecule has 150 valence electrons. The van der Waals surface area contributed by atoms with Crippen molar-refractivity contribution >= 4 is 44.9 Å². The Kier molecular flexibility index (Phi) is 6.03. The quantitative estimate of drug-likeness (QED) is 0.507. The Morgan fingerprint density at radius 1 is 1.00 bits per heavy atom. The van der Waals surface area contributed by atoms with E-state index in [1.54, 1.807) is 55.2 Å². The van der Waals surface area contributed by atoms with Gasteiger partial charge in [0.2, 0.25) is 0 Å². The number of nitrogens with zero attached hydrogens (tertiary/aromatic N) is 2. The van der Waals surface area contributed by atoms with Crippen LogP contribution in [0.1, 0.15) is 19.4 Å². The molecule has 0 atom stereocenters. The lowest BCUT2D eigenvalue weighted by atomic mass is 10.0. The Bertz CT molecular complexity index is 1030. The van der Waals surface area contributed by atoms with E-state index >= 15 is 0 Å². The topological polar surface area (TPSA) is 88.0 Å². The standard InChI is InChI=1S/C21H22BrN5O2/c1-14-9-10-17(25-20(29)24-16-7-5-4-6-8-16)11-18(14)26-19(28)21(2,3)27-13-15(22)12-23-27/h4-13H,1-3H3,(H,26,28)(H2,24,25,29). The second-order valence-corrected chi connectivity index (χ2v) is 8.01. The van der Waals surface area contributed by atoms with Gasteiger partial charge in [-0.2, -0.15) is 5.10 Å². The number of carbonyl (C=O) groups is 2. The number of nitrogens with one attached hydrogen (secondary N) is 3. The van der Waals surface area contributed by atoms with Crippen LogP contribution in [0.3, 0.4) is 0 Å². The van der Waals surface area contributed by atoms with E-state index in [4.69, 9.17) is 0 Å². The van der Waals surface area contributed by atoms with Gasteiger partial charge in [0.15, 0.2) is 0 Å². The number of hydrogen-bond acceptors (Lipinski definition) is 3. The van der Waals surface area contributed by atoms with Crippen molar-refractivity contribution in [2.45, 2.75) is 26.3 Å². The van der Waals surface area contributed by atoms with Crippen molar-refractivity contribution in [3.8, 4) is 0 Å². The van der Waals surface area contributed by atoms with Crippen molar-refractivity contribution in [1.29, 1.82) is 0 Å². The first-order valence-electron chi connectivity index (χ1n) is 9.01. The number of para-hydroxylation sites is 1. The molecule has 3 amide bonds. The van der Waals surface area contributed by atoms with Crippen molar-refractivity contribution < 1.29 is 9.59 Å². The van der Waals surface area contributed by atoms with Crippen molar-refractivity contribution in [3.05, 3.63) is 71.0 Å². The minimum absolute atomic E-state index is 0.220. The molecule has 0 saturated heterocycles. The number of urea groups is 1. The predicted molar refractivity (Wildman–Crippen MR) is 118 cm³/mol. The summed E-state index contributed by atoms with van der Waals surface area (Å²) in [6.07, 6.45) is 3.38. The van der Waals surface area contributed by atoms with E-state index in [0.29, 0.717) is 17.1 Å². The second kappa shape index (κ2) is 8.48. The van der Waals surface area contributed by atoms with Crippen LogP contribution in [0.15, 0.2) is 65.4 Å². The van der Waals surface area contributed by atoms with Crippen molar-refractivity contribution in [3.63, 3.8) is 0 Å². The van der Waals surface area contributed by atoms with E-state index in [1.807, 2.05) is 31.2 Å². The van der Waals surface area contributed by atoms with Crippen molar-refractivity contribution in [2.24, 2.45) is 0 Å². The first-order valence-corrected chi connectivity index (χ1v) is 9.81. The zero-order valence-corrected chi connectivity index (χ0v) is 17.9. The average Bonchev–Trinajstić information content (AvgIpc) is 3.12. The molecule has 0 bridgehead atoms. The van der Waals surface area contributed by atoms with Crippen LogP contribution in [0, 0.1) is 6.92 Å². The van der Waals surface area contributed by atoms with Gasteiger partial charge >= 0.3 is 6.03 Å². The number of benzene rings is 2. The molecule has 0 unspecified atom stereocenters. The molecule has 0 saturated carbocycles. The number of anilines is 3. The maximum absolute atomic E-state index is 12.9. The van der Waals surface area contributed by atoms with E-state index in [1.165, 1.54) is 0 Å². The van der Waals surface area contributed by atoms with Crippen LogP contribution in [-0.4, -0.2) is 21.7 Å². The molecule has 3 aromatic rings. The lowest BCUT2D eigenvalue weighted by Crippen LogP contribution is -2.40. The SMILES string of the molecule is Cc1ccc(NC(=O)Nc2ccccc2)cc1NC(=O)C(C)(C)n1cc(Br)cn1. The van der Waals surface area contributed by atoms with Gasteiger partial charge in [-0.15, -0.1) is 0 Å². The number of carbonyl (C=O) groups excluding carboxylic acids is 2. The summed E-state index contributed by atoms with van der Waals surface area (Å²) >= 11 is 3.35. The van der Waals surface area contributed by atoms with Crippen LogP contribution in [0.4, 0.5) is 21.9 Å². The minimum atomic E-state index is -0.896. The molecular formula is C21H22BrN5O2. The molecule has 3 N–H and O–H groups in total. The van der Waals surface area contributed by atoms with Crippen LogP contribution in [0.2, 0.25) is 0 Å². The summed E-state index contributed by atoms with van der Waals surface area (Å²) in [6, 6.07) is 14.2. The highest BCUT2D eigenvalue weighted by atomic mass is 79.9. The van der Waals surface area contributed by atoms with Gasteiger partial charge in [-0.05, 0) is 66.5 Å². The molecule has 29 heavy (non-hydrogen) atoms. The van der Waals surface area contributed by atoms with Crippen LogP contribution >= 0.6 is 15.9 Å². The van der Waals surface area contributed by atoms with E-state index < -0.39 is 5.54 Å². The molecule has 0 fully saturated rings. The highest BCUT2D eigenvalue weighted by molar-refractivity contribution is 9.10. The monoisotopic (exact) mass is 455 g/mol. The number of hydrogen-bond donors (Lipinski definition) is 3. The normalized spacial score (nSPS) is 11.0. The lowest BCUT2D eigenvalue weighted by Gasteiger charge is -2.25.